The first-order valence-corrected chi connectivity index (χ1v) is 6.65. The van der Waals surface area contributed by atoms with E-state index in [0.717, 1.165) is 10.0 Å². The van der Waals surface area contributed by atoms with Crippen LogP contribution in [0, 0.1) is 0 Å². The molecule has 0 spiro atoms. The van der Waals surface area contributed by atoms with Crippen LogP contribution in [0.3, 0.4) is 0 Å². The molecule has 1 aromatic heterocycles. The Morgan fingerprint density at radius 1 is 1.12 bits per heavy atom. The monoisotopic (exact) mass is 330 g/mol. The van der Waals surface area contributed by atoms with Gasteiger partial charge < -0.3 is 0 Å². The zero-order chi connectivity index (χ0) is 12.4. The number of halogens is 3. The lowest BCUT2D eigenvalue weighted by Crippen LogP contribution is -1.97. The molecular weight excluding hydrogens is 323 g/mol. The summed E-state index contributed by atoms with van der Waals surface area (Å²) in [5.74, 6) is 0.649. The third-order valence-electron chi connectivity index (χ3n) is 2.33. The molecule has 0 bridgehead atoms. The number of rotatable bonds is 2. The largest absolute Gasteiger partial charge is 0.220 e. The molecule has 2 aromatic rings. The number of aryl methyl sites for hydroxylation is 1. The highest BCUT2D eigenvalue weighted by Crippen LogP contribution is 2.36. The Morgan fingerprint density at radius 3 is 2.24 bits per heavy atom. The second-order valence-electron chi connectivity index (χ2n) is 3.43. The van der Waals surface area contributed by atoms with Crippen molar-refractivity contribution < 1.29 is 0 Å². The van der Waals surface area contributed by atoms with Gasteiger partial charge in [-0.15, -0.1) is 0 Å². The lowest BCUT2D eigenvalue weighted by molar-refractivity contribution is 0.942. The van der Waals surface area contributed by atoms with Gasteiger partial charge in [-0.3, -0.25) is 0 Å². The van der Waals surface area contributed by atoms with E-state index >= 15 is 0 Å². The molecule has 0 aliphatic rings. The van der Waals surface area contributed by atoms with E-state index in [1.165, 1.54) is 0 Å². The molecule has 5 heteroatoms. The van der Waals surface area contributed by atoms with Crippen LogP contribution in [0.15, 0.2) is 28.7 Å². The molecule has 2 rings (SSSR count). The van der Waals surface area contributed by atoms with E-state index in [9.17, 15) is 0 Å². The SMILES string of the molecule is CCc1nc(Cl)c(-c2ccccc2Br)c(Cl)n1. The highest BCUT2D eigenvalue weighted by atomic mass is 79.9. The van der Waals surface area contributed by atoms with Crippen LogP contribution in [0.5, 0.6) is 0 Å². The van der Waals surface area contributed by atoms with Crippen LogP contribution >= 0.6 is 39.1 Å². The lowest BCUT2D eigenvalue weighted by Gasteiger charge is -2.09. The van der Waals surface area contributed by atoms with Crippen LogP contribution in [0.1, 0.15) is 12.7 Å². The molecule has 1 aromatic carbocycles. The summed E-state index contributed by atoms with van der Waals surface area (Å²) in [6, 6.07) is 7.69. The smallest absolute Gasteiger partial charge is 0.142 e. The molecule has 0 saturated heterocycles. The molecule has 17 heavy (non-hydrogen) atoms. The van der Waals surface area contributed by atoms with E-state index in [1.807, 2.05) is 31.2 Å². The van der Waals surface area contributed by atoms with E-state index in [-0.39, 0.29) is 0 Å². The Morgan fingerprint density at radius 2 is 1.71 bits per heavy atom. The molecule has 1 heterocycles. The standard InChI is InChI=1S/C12H9BrCl2N2/c1-2-9-16-11(14)10(12(15)17-9)7-5-3-4-6-8(7)13/h3-6H,2H2,1H3. The Hall–Kier alpha value is -0.640. The number of benzene rings is 1. The Kier molecular flexibility index (Phi) is 4.02. The van der Waals surface area contributed by atoms with Crippen molar-refractivity contribution in [1.29, 1.82) is 0 Å². The number of hydrogen-bond acceptors (Lipinski definition) is 2. The number of aromatic nitrogens is 2. The van der Waals surface area contributed by atoms with Crippen LogP contribution in [-0.4, -0.2) is 9.97 Å². The molecule has 0 fully saturated rings. The van der Waals surface area contributed by atoms with Crippen molar-refractivity contribution in [3.8, 4) is 11.1 Å². The van der Waals surface area contributed by atoms with Crippen LogP contribution < -0.4 is 0 Å². The van der Waals surface area contributed by atoms with Crippen molar-refractivity contribution in [3.05, 3.63) is 44.9 Å². The molecule has 0 aliphatic carbocycles. The van der Waals surface area contributed by atoms with Crippen LogP contribution in [-0.2, 0) is 6.42 Å². The fourth-order valence-electron chi connectivity index (χ4n) is 1.49. The van der Waals surface area contributed by atoms with Crippen LogP contribution in [0.2, 0.25) is 10.3 Å². The molecule has 0 unspecified atom stereocenters. The van der Waals surface area contributed by atoms with Gasteiger partial charge >= 0.3 is 0 Å². The van der Waals surface area contributed by atoms with Gasteiger partial charge in [-0.1, -0.05) is 64.3 Å². The minimum Gasteiger partial charge on any atom is -0.220 e. The van der Waals surface area contributed by atoms with Gasteiger partial charge in [0.15, 0.2) is 0 Å². The average molecular weight is 332 g/mol. The van der Waals surface area contributed by atoms with Crippen molar-refractivity contribution >= 4 is 39.1 Å². The van der Waals surface area contributed by atoms with Gasteiger partial charge in [0, 0.05) is 16.5 Å². The van der Waals surface area contributed by atoms with Gasteiger partial charge in [0.05, 0.1) is 5.56 Å². The fraction of sp³-hybridized carbons (Fsp3) is 0.167. The maximum absolute atomic E-state index is 6.16. The minimum absolute atomic E-state index is 0.383. The van der Waals surface area contributed by atoms with Crippen molar-refractivity contribution in [2.45, 2.75) is 13.3 Å². The molecular formula is C12H9BrCl2N2. The topological polar surface area (TPSA) is 25.8 Å². The lowest BCUT2D eigenvalue weighted by atomic mass is 10.1. The third-order valence-corrected chi connectivity index (χ3v) is 3.56. The predicted octanol–water partition coefficient (Wildman–Crippen LogP) is 4.78. The van der Waals surface area contributed by atoms with Crippen molar-refractivity contribution in [2.75, 3.05) is 0 Å². The predicted molar refractivity (Wildman–Crippen MR) is 74.6 cm³/mol. The zero-order valence-electron chi connectivity index (χ0n) is 9.04. The molecule has 0 radical (unpaired) electrons. The number of nitrogens with zero attached hydrogens (tertiary/aromatic N) is 2. The Labute approximate surface area is 118 Å². The Bertz CT molecular complexity index is 535. The average Bonchev–Trinajstić information content (AvgIpc) is 2.30. The van der Waals surface area contributed by atoms with Gasteiger partial charge in [0.25, 0.3) is 0 Å². The first-order chi connectivity index (χ1) is 8.13. The van der Waals surface area contributed by atoms with Crippen LogP contribution in [0.25, 0.3) is 11.1 Å². The highest BCUT2D eigenvalue weighted by Gasteiger charge is 2.14. The maximum Gasteiger partial charge on any atom is 0.142 e. The molecule has 88 valence electrons. The first kappa shape index (κ1) is 12.8. The van der Waals surface area contributed by atoms with Gasteiger partial charge in [-0.25, -0.2) is 9.97 Å². The molecule has 0 saturated carbocycles. The summed E-state index contributed by atoms with van der Waals surface area (Å²) in [7, 11) is 0. The summed E-state index contributed by atoms with van der Waals surface area (Å²) in [4.78, 5) is 8.44. The summed E-state index contributed by atoms with van der Waals surface area (Å²) in [5.41, 5.74) is 1.56. The van der Waals surface area contributed by atoms with E-state index in [4.69, 9.17) is 23.2 Å². The summed E-state index contributed by atoms with van der Waals surface area (Å²) in [6.07, 6.45) is 0.704. The second kappa shape index (κ2) is 5.34. The molecule has 2 nitrogen and oxygen atoms in total. The minimum atomic E-state index is 0.383. The Balaban J connectivity index is 2.64. The van der Waals surface area contributed by atoms with Crippen molar-refractivity contribution in [2.24, 2.45) is 0 Å². The summed E-state index contributed by atoms with van der Waals surface area (Å²) >= 11 is 15.8. The molecule has 0 amide bonds. The quantitative estimate of drug-likeness (QED) is 0.740. The van der Waals surface area contributed by atoms with E-state index in [2.05, 4.69) is 25.9 Å². The second-order valence-corrected chi connectivity index (χ2v) is 5.00. The molecule has 0 aliphatic heterocycles. The fourth-order valence-corrected chi connectivity index (χ4v) is 2.60. The van der Waals surface area contributed by atoms with Gasteiger partial charge in [-0.2, -0.15) is 0 Å². The first-order valence-electron chi connectivity index (χ1n) is 5.10. The third kappa shape index (κ3) is 2.62. The van der Waals surface area contributed by atoms with Crippen molar-refractivity contribution in [1.82, 2.24) is 9.97 Å². The van der Waals surface area contributed by atoms with Gasteiger partial charge in [-0.05, 0) is 6.07 Å². The summed E-state index contributed by atoms with van der Waals surface area (Å²) in [5, 5.41) is 0.766. The van der Waals surface area contributed by atoms with Gasteiger partial charge in [0.1, 0.15) is 16.1 Å². The van der Waals surface area contributed by atoms with Crippen molar-refractivity contribution in [3.63, 3.8) is 0 Å². The van der Waals surface area contributed by atoms with E-state index < -0.39 is 0 Å². The summed E-state index contributed by atoms with van der Waals surface area (Å²) < 4.78 is 0.914. The van der Waals surface area contributed by atoms with Gasteiger partial charge in [0.2, 0.25) is 0 Å². The summed E-state index contributed by atoms with van der Waals surface area (Å²) in [6.45, 7) is 1.96. The van der Waals surface area contributed by atoms with E-state index in [0.29, 0.717) is 28.1 Å². The van der Waals surface area contributed by atoms with Crippen LogP contribution in [0.4, 0.5) is 0 Å². The molecule has 0 atom stereocenters. The van der Waals surface area contributed by atoms with E-state index in [1.54, 1.807) is 0 Å². The maximum atomic E-state index is 6.16. The number of hydrogen-bond donors (Lipinski definition) is 0. The highest BCUT2D eigenvalue weighted by molar-refractivity contribution is 9.10. The normalized spacial score (nSPS) is 10.6. The zero-order valence-corrected chi connectivity index (χ0v) is 12.1. The molecule has 0 N–H and O–H groups in total.